The van der Waals surface area contributed by atoms with Gasteiger partial charge in [0.2, 0.25) is 5.91 Å². The number of carbonyl (C=O) groups is 1. The summed E-state index contributed by atoms with van der Waals surface area (Å²) in [4.78, 5) is 14.6. The zero-order chi connectivity index (χ0) is 21.2. The number of amides is 1. The van der Waals surface area contributed by atoms with Crippen molar-refractivity contribution in [3.8, 4) is 16.9 Å². The highest BCUT2D eigenvalue weighted by atomic mass is 32.2. The SMILES string of the molecule is CCc1ccc(-c2nn(-c3ccccc3)cc2[C@H]2SCC(=O)N2Cc2ccco2)cc1. The van der Waals surface area contributed by atoms with Crippen LogP contribution in [0, 0.1) is 0 Å². The highest BCUT2D eigenvalue weighted by molar-refractivity contribution is 8.00. The van der Waals surface area contributed by atoms with E-state index in [-0.39, 0.29) is 11.3 Å². The summed E-state index contributed by atoms with van der Waals surface area (Å²) in [5.74, 6) is 1.35. The molecule has 1 aliphatic heterocycles. The van der Waals surface area contributed by atoms with Gasteiger partial charge in [0.05, 0.1) is 29.9 Å². The predicted molar refractivity (Wildman–Crippen MR) is 123 cm³/mol. The summed E-state index contributed by atoms with van der Waals surface area (Å²) in [6, 6.07) is 22.4. The Morgan fingerprint density at radius 1 is 1.06 bits per heavy atom. The number of aromatic nitrogens is 2. The second-order valence-electron chi connectivity index (χ2n) is 7.53. The Morgan fingerprint density at radius 3 is 2.58 bits per heavy atom. The van der Waals surface area contributed by atoms with Gasteiger partial charge < -0.3 is 9.32 Å². The third-order valence-electron chi connectivity index (χ3n) is 5.54. The van der Waals surface area contributed by atoms with Crippen molar-refractivity contribution >= 4 is 17.7 Å². The number of rotatable bonds is 6. The number of thioether (sulfide) groups is 1. The quantitative estimate of drug-likeness (QED) is 0.408. The van der Waals surface area contributed by atoms with Crippen LogP contribution in [0.15, 0.2) is 83.6 Å². The Balaban J connectivity index is 1.58. The van der Waals surface area contributed by atoms with E-state index in [0.29, 0.717) is 12.3 Å². The third-order valence-corrected chi connectivity index (χ3v) is 6.78. The predicted octanol–water partition coefficient (Wildman–Crippen LogP) is 5.47. The molecule has 4 aromatic rings. The number of aryl methyl sites for hydroxylation is 1. The third kappa shape index (κ3) is 3.91. The largest absolute Gasteiger partial charge is 0.467 e. The molecule has 5 rings (SSSR count). The maximum atomic E-state index is 12.7. The van der Waals surface area contributed by atoms with Crippen LogP contribution in [0.3, 0.4) is 0 Å². The van der Waals surface area contributed by atoms with E-state index in [4.69, 9.17) is 9.52 Å². The first-order chi connectivity index (χ1) is 15.2. The molecule has 1 aliphatic rings. The van der Waals surface area contributed by atoms with Crippen molar-refractivity contribution in [2.75, 3.05) is 5.75 Å². The summed E-state index contributed by atoms with van der Waals surface area (Å²) in [5.41, 5.74) is 5.28. The second-order valence-corrected chi connectivity index (χ2v) is 8.60. The smallest absolute Gasteiger partial charge is 0.234 e. The number of hydrogen-bond acceptors (Lipinski definition) is 4. The van der Waals surface area contributed by atoms with Crippen LogP contribution < -0.4 is 0 Å². The van der Waals surface area contributed by atoms with Gasteiger partial charge in [-0.3, -0.25) is 4.79 Å². The summed E-state index contributed by atoms with van der Waals surface area (Å²) < 4.78 is 7.43. The fourth-order valence-electron chi connectivity index (χ4n) is 3.86. The molecule has 3 heterocycles. The number of benzene rings is 2. The molecule has 156 valence electrons. The summed E-state index contributed by atoms with van der Waals surface area (Å²) in [5, 5.41) is 4.83. The molecule has 2 aromatic heterocycles. The van der Waals surface area contributed by atoms with Gasteiger partial charge in [-0.25, -0.2) is 4.68 Å². The molecule has 1 saturated heterocycles. The highest BCUT2D eigenvalue weighted by Crippen LogP contribution is 2.43. The van der Waals surface area contributed by atoms with E-state index in [1.165, 1.54) is 5.56 Å². The van der Waals surface area contributed by atoms with E-state index in [2.05, 4.69) is 37.4 Å². The average molecular weight is 430 g/mol. The van der Waals surface area contributed by atoms with Gasteiger partial charge in [0.15, 0.2) is 0 Å². The van der Waals surface area contributed by atoms with Crippen molar-refractivity contribution in [3.63, 3.8) is 0 Å². The molecule has 0 saturated carbocycles. The van der Waals surface area contributed by atoms with Gasteiger partial charge in [0, 0.05) is 17.3 Å². The number of hydrogen-bond donors (Lipinski definition) is 0. The number of carbonyl (C=O) groups excluding carboxylic acids is 1. The van der Waals surface area contributed by atoms with E-state index >= 15 is 0 Å². The Hall–Kier alpha value is -3.25. The summed E-state index contributed by atoms with van der Waals surface area (Å²) in [6.45, 7) is 2.60. The average Bonchev–Trinajstić information content (AvgIpc) is 3.56. The monoisotopic (exact) mass is 429 g/mol. The molecular formula is C25H23N3O2S. The van der Waals surface area contributed by atoms with Crippen LogP contribution in [0.1, 0.15) is 29.2 Å². The van der Waals surface area contributed by atoms with E-state index < -0.39 is 0 Å². The summed E-state index contributed by atoms with van der Waals surface area (Å²) in [7, 11) is 0. The Bertz CT molecular complexity index is 1170. The van der Waals surface area contributed by atoms with Gasteiger partial charge in [0.1, 0.15) is 11.1 Å². The standard InChI is InChI=1S/C25H23N3O2S/c1-2-18-10-12-19(13-11-18)24-22(16-28(26-24)20-7-4-3-5-8-20)25-27(23(29)17-31-25)15-21-9-6-14-30-21/h3-14,16,25H,2,15,17H2,1H3/t25-/m1/s1. The first-order valence-corrected chi connectivity index (χ1v) is 11.5. The minimum atomic E-state index is -0.115. The summed E-state index contributed by atoms with van der Waals surface area (Å²) in [6.07, 6.45) is 4.70. The Labute approximate surface area is 185 Å². The zero-order valence-corrected chi connectivity index (χ0v) is 18.1. The minimum absolute atomic E-state index is 0.115. The molecule has 1 atom stereocenters. The van der Waals surface area contributed by atoms with Crippen molar-refractivity contribution in [2.24, 2.45) is 0 Å². The molecule has 0 N–H and O–H groups in total. The van der Waals surface area contributed by atoms with E-state index in [1.54, 1.807) is 18.0 Å². The molecule has 31 heavy (non-hydrogen) atoms. The molecule has 6 heteroatoms. The molecule has 0 aliphatic carbocycles. The molecule has 0 radical (unpaired) electrons. The van der Waals surface area contributed by atoms with Crippen LogP contribution in [-0.2, 0) is 17.8 Å². The Morgan fingerprint density at radius 2 is 1.87 bits per heavy atom. The number of furan rings is 1. The van der Waals surface area contributed by atoms with Crippen molar-refractivity contribution < 1.29 is 9.21 Å². The van der Waals surface area contributed by atoms with Crippen LogP contribution in [0.25, 0.3) is 16.9 Å². The van der Waals surface area contributed by atoms with Crippen LogP contribution >= 0.6 is 11.8 Å². The lowest BCUT2D eigenvalue weighted by Gasteiger charge is -2.23. The number of nitrogens with zero attached hydrogens (tertiary/aromatic N) is 3. The van der Waals surface area contributed by atoms with Crippen molar-refractivity contribution in [1.29, 1.82) is 0 Å². The molecule has 5 nitrogen and oxygen atoms in total. The van der Waals surface area contributed by atoms with Crippen molar-refractivity contribution in [1.82, 2.24) is 14.7 Å². The fourth-order valence-corrected chi connectivity index (χ4v) is 5.05. The first kappa shape index (κ1) is 19.7. The fraction of sp³-hybridized carbons (Fsp3) is 0.200. The second kappa shape index (κ2) is 8.47. The van der Waals surface area contributed by atoms with Crippen molar-refractivity contribution in [3.05, 3.63) is 96.1 Å². The molecule has 0 bridgehead atoms. The van der Waals surface area contributed by atoms with Gasteiger partial charge >= 0.3 is 0 Å². The maximum absolute atomic E-state index is 12.7. The van der Waals surface area contributed by atoms with Crippen molar-refractivity contribution in [2.45, 2.75) is 25.3 Å². The Kier molecular flexibility index (Phi) is 5.38. The molecular weight excluding hydrogens is 406 g/mol. The van der Waals surface area contributed by atoms with Gasteiger partial charge in [-0.1, -0.05) is 49.4 Å². The van der Waals surface area contributed by atoms with Gasteiger partial charge in [-0.15, -0.1) is 11.8 Å². The first-order valence-electron chi connectivity index (χ1n) is 10.4. The maximum Gasteiger partial charge on any atom is 0.234 e. The lowest BCUT2D eigenvalue weighted by molar-refractivity contribution is -0.128. The van der Waals surface area contributed by atoms with Crippen LogP contribution in [-0.4, -0.2) is 26.3 Å². The highest BCUT2D eigenvalue weighted by Gasteiger charge is 2.36. The van der Waals surface area contributed by atoms with E-state index in [0.717, 1.165) is 34.7 Å². The summed E-state index contributed by atoms with van der Waals surface area (Å²) >= 11 is 1.64. The molecule has 2 aromatic carbocycles. The lowest BCUT2D eigenvalue weighted by atomic mass is 10.0. The molecule has 1 fully saturated rings. The normalized spacial score (nSPS) is 16.2. The topological polar surface area (TPSA) is 51.3 Å². The number of para-hydroxylation sites is 1. The minimum Gasteiger partial charge on any atom is -0.467 e. The molecule has 0 unspecified atom stereocenters. The van der Waals surface area contributed by atoms with Gasteiger partial charge in [-0.05, 0) is 36.2 Å². The van der Waals surface area contributed by atoms with E-state index in [9.17, 15) is 4.79 Å². The molecule has 0 spiro atoms. The van der Waals surface area contributed by atoms with Gasteiger partial charge in [0.25, 0.3) is 0 Å². The van der Waals surface area contributed by atoms with Gasteiger partial charge in [-0.2, -0.15) is 5.10 Å². The zero-order valence-electron chi connectivity index (χ0n) is 17.3. The lowest BCUT2D eigenvalue weighted by Crippen LogP contribution is -2.27. The van der Waals surface area contributed by atoms with Crippen LogP contribution in [0.4, 0.5) is 0 Å². The van der Waals surface area contributed by atoms with E-state index in [1.807, 2.05) is 52.0 Å². The molecule has 1 amide bonds. The van der Waals surface area contributed by atoms with Crippen LogP contribution in [0.5, 0.6) is 0 Å². The van der Waals surface area contributed by atoms with Crippen LogP contribution in [0.2, 0.25) is 0 Å².